The van der Waals surface area contributed by atoms with Gasteiger partial charge in [0.25, 0.3) is 0 Å². The van der Waals surface area contributed by atoms with Crippen molar-refractivity contribution in [3.8, 4) is 0 Å². The summed E-state index contributed by atoms with van der Waals surface area (Å²) in [4.78, 5) is 10.4. The molecule has 1 atom stereocenters. The monoisotopic (exact) mass is 209 g/mol. The number of rotatable bonds is 6. The molecule has 0 aromatic heterocycles. The highest BCUT2D eigenvalue weighted by molar-refractivity contribution is 5.85. The van der Waals surface area contributed by atoms with Crippen LogP contribution in [0.1, 0.15) is 39.5 Å². The van der Waals surface area contributed by atoms with Crippen LogP contribution < -0.4 is 5.73 Å². The number of nitrogens with two attached hydrogens (primary N) is 1. The summed E-state index contributed by atoms with van der Waals surface area (Å²) in [5.41, 5.74) is 5.37. The number of hydrogen-bond acceptors (Lipinski definition) is 2. The Bertz CT molecular complexity index is 138. The topological polar surface area (TPSA) is 63.3 Å². The average Bonchev–Trinajstić information content (AvgIpc) is 2.05. The van der Waals surface area contributed by atoms with Crippen LogP contribution >= 0.6 is 12.4 Å². The second kappa shape index (κ2) is 8.32. The molecule has 0 aliphatic carbocycles. The first-order valence-electron chi connectivity index (χ1n) is 4.60. The van der Waals surface area contributed by atoms with Gasteiger partial charge >= 0.3 is 5.97 Å². The van der Waals surface area contributed by atoms with Crippen molar-refractivity contribution < 1.29 is 9.90 Å². The second-order valence-electron chi connectivity index (χ2n) is 3.20. The van der Waals surface area contributed by atoms with Crippen LogP contribution in [0, 0.1) is 5.92 Å². The molecule has 0 aliphatic heterocycles. The Balaban J connectivity index is 0. The van der Waals surface area contributed by atoms with Crippen LogP contribution in [0.5, 0.6) is 0 Å². The zero-order valence-corrected chi connectivity index (χ0v) is 9.14. The lowest BCUT2D eigenvalue weighted by Gasteiger charge is -2.13. The fourth-order valence-electron chi connectivity index (χ4n) is 1.24. The molecule has 0 radical (unpaired) electrons. The molecule has 0 bridgehead atoms. The highest BCUT2D eigenvalue weighted by atomic mass is 35.5. The highest BCUT2D eigenvalue weighted by Gasteiger charge is 2.13. The summed E-state index contributed by atoms with van der Waals surface area (Å²) in [5.74, 6) is -0.253. The largest absolute Gasteiger partial charge is 0.480 e. The molecule has 0 fully saturated rings. The predicted octanol–water partition coefficient (Wildman–Crippen LogP) is 2.04. The van der Waals surface area contributed by atoms with Crippen LogP contribution in [-0.2, 0) is 4.79 Å². The summed E-state index contributed by atoms with van der Waals surface area (Å²) >= 11 is 0. The van der Waals surface area contributed by atoms with Crippen molar-refractivity contribution in [1.82, 2.24) is 0 Å². The summed E-state index contributed by atoms with van der Waals surface area (Å²) in [6.07, 6.45) is 3.76. The SMILES string of the molecule is CCC(CC)CC[C@H](N)C(=O)O.Cl. The van der Waals surface area contributed by atoms with Gasteiger partial charge in [-0.25, -0.2) is 0 Å². The smallest absolute Gasteiger partial charge is 0.320 e. The number of carbonyl (C=O) groups is 1. The van der Waals surface area contributed by atoms with Gasteiger partial charge in [-0.05, 0) is 18.8 Å². The van der Waals surface area contributed by atoms with Crippen molar-refractivity contribution >= 4 is 18.4 Å². The molecule has 0 aromatic carbocycles. The number of carboxylic acids is 1. The number of halogens is 1. The van der Waals surface area contributed by atoms with Crippen molar-refractivity contribution in [3.05, 3.63) is 0 Å². The van der Waals surface area contributed by atoms with Gasteiger partial charge in [0, 0.05) is 0 Å². The third-order valence-electron chi connectivity index (χ3n) is 2.36. The van der Waals surface area contributed by atoms with E-state index in [0.29, 0.717) is 12.3 Å². The average molecular weight is 210 g/mol. The Hall–Kier alpha value is -0.280. The standard InChI is InChI=1S/C9H19NO2.ClH/c1-3-7(4-2)5-6-8(10)9(11)12;/h7-8H,3-6,10H2,1-2H3,(H,11,12);1H/t8-;/m0./s1. The number of aliphatic carboxylic acids is 1. The molecule has 0 heterocycles. The van der Waals surface area contributed by atoms with Gasteiger partial charge in [-0.3, -0.25) is 4.79 Å². The van der Waals surface area contributed by atoms with Gasteiger partial charge in [0.15, 0.2) is 0 Å². The van der Waals surface area contributed by atoms with Gasteiger partial charge in [0.2, 0.25) is 0 Å². The van der Waals surface area contributed by atoms with Crippen LogP contribution in [0.25, 0.3) is 0 Å². The highest BCUT2D eigenvalue weighted by Crippen LogP contribution is 2.15. The molecule has 0 amide bonds. The number of hydrogen-bond donors (Lipinski definition) is 2. The van der Waals surface area contributed by atoms with E-state index in [1.807, 2.05) is 0 Å². The third kappa shape index (κ3) is 6.84. The normalized spacial score (nSPS) is 12.3. The lowest BCUT2D eigenvalue weighted by Crippen LogP contribution is -2.30. The molecule has 4 heteroatoms. The van der Waals surface area contributed by atoms with Gasteiger partial charge < -0.3 is 10.8 Å². The van der Waals surface area contributed by atoms with Crippen molar-refractivity contribution in [1.29, 1.82) is 0 Å². The van der Waals surface area contributed by atoms with Gasteiger partial charge in [0.05, 0.1) is 0 Å². The molecule has 80 valence electrons. The second-order valence-corrected chi connectivity index (χ2v) is 3.20. The molecule has 0 saturated heterocycles. The van der Waals surface area contributed by atoms with Crippen LogP contribution in [0.15, 0.2) is 0 Å². The van der Waals surface area contributed by atoms with Crippen LogP contribution in [0.3, 0.4) is 0 Å². The maximum Gasteiger partial charge on any atom is 0.320 e. The summed E-state index contributed by atoms with van der Waals surface area (Å²) in [6, 6.07) is -0.675. The fourth-order valence-corrected chi connectivity index (χ4v) is 1.24. The Morgan fingerprint density at radius 2 is 1.77 bits per heavy atom. The van der Waals surface area contributed by atoms with E-state index in [0.717, 1.165) is 19.3 Å². The Morgan fingerprint density at radius 3 is 2.08 bits per heavy atom. The molecular weight excluding hydrogens is 190 g/mol. The van der Waals surface area contributed by atoms with Crippen molar-refractivity contribution in [2.24, 2.45) is 11.7 Å². The van der Waals surface area contributed by atoms with Crippen LogP contribution in [0.2, 0.25) is 0 Å². The zero-order chi connectivity index (χ0) is 9.56. The van der Waals surface area contributed by atoms with E-state index in [-0.39, 0.29) is 12.4 Å². The summed E-state index contributed by atoms with van der Waals surface area (Å²) in [6.45, 7) is 4.25. The van der Waals surface area contributed by atoms with E-state index < -0.39 is 12.0 Å². The lowest BCUT2D eigenvalue weighted by molar-refractivity contribution is -0.138. The van der Waals surface area contributed by atoms with E-state index in [1.54, 1.807) is 0 Å². The van der Waals surface area contributed by atoms with E-state index in [4.69, 9.17) is 10.8 Å². The maximum atomic E-state index is 10.4. The molecule has 0 aromatic rings. The third-order valence-corrected chi connectivity index (χ3v) is 2.36. The zero-order valence-electron chi connectivity index (χ0n) is 8.32. The minimum Gasteiger partial charge on any atom is -0.480 e. The van der Waals surface area contributed by atoms with Gasteiger partial charge in [-0.15, -0.1) is 12.4 Å². The molecule has 0 rings (SSSR count). The first kappa shape index (κ1) is 15.2. The Kier molecular flexibility index (Phi) is 9.74. The van der Waals surface area contributed by atoms with Gasteiger partial charge in [0.1, 0.15) is 6.04 Å². The van der Waals surface area contributed by atoms with Gasteiger partial charge in [-0.1, -0.05) is 26.7 Å². The van der Waals surface area contributed by atoms with Crippen molar-refractivity contribution in [2.75, 3.05) is 0 Å². The molecule has 0 spiro atoms. The molecule has 0 aliphatic rings. The Morgan fingerprint density at radius 1 is 1.31 bits per heavy atom. The van der Waals surface area contributed by atoms with E-state index in [9.17, 15) is 4.79 Å². The van der Waals surface area contributed by atoms with Crippen LogP contribution in [0.4, 0.5) is 0 Å². The van der Waals surface area contributed by atoms with Crippen molar-refractivity contribution in [3.63, 3.8) is 0 Å². The Labute approximate surface area is 86.1 Å². The lowest BCUT2D eigenvalue weighted by atomic mass is 9.95. The summed E-state index contributed by atoms with van der Waals surface area (Å²) in [7, 11) is 0. The molecule has 13 heavy (non-hydrogen) atoms. The maximum absolute atomic E-state index is 10.4. The molecule has 0 saturated carbocycles. The van der Waals surface area contributed by atoms with E-state index in [2.05, 4.69) is 13.8 Å². The molecule has 3 nitrogen and oxygen atoms in total. The summed E-state index contributed by atoms with van der Waals surface area (Å²) < 4.78 is 0. The minimum absolute atomic E-state index is 0. The molecule has 3 N–H and O–H groups in total. The first-order valence-corrected chi connectivity index (χ1v) is 4.60. The predicted molar refractivity (Wildman–Crippen MR) is 56.2 cm³/mol. The van der Waals surface area contributed by atoms with Crippen molar-refractivity contribution in [2.45, 2.75) is 45.6 Å². The van der Waals surface area contributed by atoms with E-state index in [1.165, 1.54) is 0 Å². The number of carboxylic acid groups (broad SMARTS) is 1. The quantitative estimate of drug-likeness (QED) is 0.704. The summed E-state index contributed by atoms with van der Waals surface area (Å²) in [5, 5.41) is 8.52. The fraction of sp³-hybridized carbons (Fsp3) is 0.889. The molecule has 0 unspecified atom stereocenters. The van der Waals surface area contributed by atoms with E-state index >= 15 is 0 Å². The van der Waals surface area contributed by atoms with Crippen LogP contribution in [-0.4, -0.2) is 17.1 Å². The molecular formula is C9H20ClNO2. The minimum atomic E-state index is -0.888. The first-order chi connectivity index (χ1) is 5.61. The van der Waals surface area contributed by atoms with Gasteiger partial charge in [-0.2, -0.15) is 0 Å².